The van der Waals surface area contributed by atoms with Crippen molar-refractivity contribution in [1.82, 2.24) is 0 Å². The summed E-state index contributed by atoms with van der Waals surface area (Å²) in [6, 6.07) is 0. The Labute approximate surface area is 100 Å². The van der Waals surface area contributed by atoms with Gasteiger partial charge in [0.15, 0.2) is 0 Å². The molecule has 0 bridgehead atoms. The predicted octanol–water partition coefficient (Wildman–Crippen LogP) is 2.18. The molecule has 0 fully saturated rings. The Balaban J connectivity index is -0.00000000450. The molecule has 1 radical (unpaired) electrons. The molecule has 0 spiro atoms. The summed E-state index contributed by atoms with van der Waals surface area (Å²) in [5.41, 5.74) is 0. The van der Waals surface area contributed by atoms with Crippen molar-refractivity contribution in [2.75, 3.05) is 13.7 Å². The molecular formula is C6H18OWY-2. The largest absolute Gasteiger partial charge is 0.417 e. The first-order valence-corrected chi connectivity index (χ1v) is 1.20. The third-order valence-electron chi connectivity index (χ3n) is 0.204. The van der Waals surface area contributed by atoms with Gasteiger partial charge in [-0.1, -0.05) is 21.5 Å². The maximum Gasteiger partial charge on any atom is 0.0319 e. The van der Waals surface area contributed by atoms with Crippen molar-refractivity contribution in [1.29, 1.82) is 0 Å². The van der Waals surface area contributed by atoms with E-state index in [0.29, 0.717) is 6.61 Å². The van der Waals surface area contributed by atoms with E-state index in [0.717, 1.165) is 0 Å². The molecule has 1 nitrogen and oxygen atoms in total. The fraction of sp³-hybridized carbons (Fsp3) is 0.667. The van der Waals surface area contributed by atoms with Crippen molar-refractivity contribution in [3.8, 4) is 0 Å². The fourth-order valence-electron chi connectivity index (χ4n) is 0. The van der Waals surface area contributed by atoms with E-state index >= 15 is 0 Å². The minimum Gasteiger partial charge on any atom is -0.417 e. The monoisotopic (exact) mass is 379 g/mol. The molecule has 0 saturated heterocycles. The predicted molar refractivity (Wildman–Crippen MR) is 37.1 cm³/mol. The van der Waals surface area contributed by atoms with Gasteiger partial charge in [-0.3, -0.25) is 0 Å². The van der Waals surface area contributed by atoms with Crippen molar-refractivity contribution in [3.63, 3.8) is 0 Å². The minimum atomic E-state index is 0. The van der Waals surface area contributed by atoms with Crippen molar-refractivity contribution < 1.29 is 58.5 Å². The Morgan fingerprint density at radius 1 is 1.33 bits per heavy atom. The second-order valence-corrected chi connectivity index (χ2v) is 0.493. The summed E-state index contributed by atoms with van der Waals surface area (Å²) in [4.78, 5) is 0. The van der Waals surface area contributed by atoms with Crippen LogP contribution >= 0.6 is 0 Å². The van der Waals surface area contributed by atoms with Crippen LogP contribution in [0.15, 0.2) is 0 Å². The normalized spacial score (nSPS) is 3.33. The molecule has 0 heterocycles. The van der Waals surface area contributed by atoms with Gasteiger partial charge in [0.25, 0.3) is 0 Å². The van der Waals surface area contributed by atoms with Crippen molar-refractivity contribution >= 4 is 0 Å². The zero-order valence-corrected chi connectivity index (χ0v) is 10.6. The van der Waals surface area contributed by atoms with Gasteiger partial charge < -0.3 is 19.1 Å². The quantitative estimate of drug-likeness (QED) is 0.635. The van der Waals surface area contributed by atoms with Crippen LogP contribution < -0.4 is 0 Å². The molecule has 0 aromatic carbocycles. The molecule has 0 atom stereocenters. The van der Waals surface area contributed by atoms with E-state index in [1.165, 1.54) is 0 Å². The van der Waals surface area contributed by atoms with E-state index in [4.69, 9.17) is 0 Å². The van der Waals surface area contributed by atoms with Crippen molar-refractivity contribution in [2.45, 2.75) is 14.9 Å². The Morgan fingerprint density at radius 2 is 1.44 bits per heavy atom. The van der Waals surface area contributed by atoms with Crippen LogP contribution in [0.1, 0.15) is 14.9 Å². The molecule has 59 valence electrons. The number of rotatable bonds is 1. The Bertz CT molecular complexity index is 15.0. The second kappa shape index (κ2) is 53.1. The topological polar surface area (TPSA) is 9.23 Å². The summed E-state index contributed by atoms with van der Waals surface area (Å²) in [6.45, 7) is 3.95. The van der Waals surface area contributed by atoms with E-state index < -0.39 is 0 Å². The first-order valence-electron chi connectivity index (χ1n) is 1.20. The maximum absolute atomic E-state index is 4.43. The zero-order valence-electron chi connectivity index (χ0n) is 4.81. The molecule has 0 saturated carbocycles. The summed E-state index contributed by atoms with van der Waals surface area (Å²) in [5.74, 6) is 0. The van der Waals surface area contributed by atoms with Gasteiger partial charge in [0.2, 0.25) is 0 Å². The van der Waals surface area contributed by atoms with Crippen LogP contribution in [0.4, 0.5) is 0 Å². The van der Waals surface area contributed by atoms with Crippen LogP contribution in [0.3, 0.4) is 0 Å². The molecule has 0 N–H and O–H groups in total. The SMILES string of the molecule is C.C.[CH2-]COC.[CH3-].[W].[Y]. The van der Waals surface area contributed by atoms with Gasteiger partial charge in [0, 0.05) is 60.9 Å². The standard InChI is InChI=1S/C3H7O.2CH4.CH3.W.Y/c1-3-4-2;;;;;/h1,3H2,2H3;2*1H4;1H3;;/q-1;;;-1;;. The van der Waals surface area contributed by atoms with Crippen LogP contribution in [0.2, 0.25) is 0 Å². The molecule has 3 heteroatoms. The molecule has 9 heavy (non-hydrogen) atoms. The van der Waals surface area contributed by atoms with E-state index in [1.807, 2.05) is 0 Å². The Hall–Kier alpha value is 1.75. The number of ether oxygens (including phenoxy) is 1. The molecule has 0 rings (SSSR count). The smallest absolute Gasteiger partial charge is 0.0319 e. The number of hydrogen-bond acceptors (Lipinski definition) is 1. The van der Waals surface area contributed by atoms with E-state index in [9.17, 15) is 0 Å². The molecule has 0 aliphatic heterocycles. The van der Waals surface area contributed by atoms with Crippen LogP contribution in [0.5, 0.6) is 0 Å². The molecule has 0 aromatic rings. The molecule has 0 aromatic heterocycles. The van der Waals surface area contributed by atoms with Gasteiger partial charge in [-0.05, 0) is 0 Å². The van der Waals surface area contributed by atoms with Gasteiger partial charge in [-0.25, -0.2) is 0 Å². The van der Waals surface area contributed by atoms with Crippen molar-refractivity contribution in [2.24, 2.45) is 0 Å². The van der Waals surface area contributed by atoms with Crippen LogP contribution in [-0.2, 0) is 58.5 Å². The van der Waals surface area contributed by atoms with Crippen LogP contribution in [0.25, 0.3) is 0 Å². The Morgan fingerprint density at radius 3 is 1.44 bits per heavy atom. The van der Waals surface area contributed by atoms with Gasteiger partial charge in [-0.2, -0.15) is 0 Å². The van der Waals surface area contributed by atoms with Crippen molar-refractivity contribution in [3.05, 3.63) is 14.4 Å². The first-order chi connectivity index (χ1) is 1.91. The van der Waals surface area contributed by atoms with Gasteiger partial charge in [0.05, 0.1) is 0 Å². The zero-order chi connectivity index (χ0) is 3.41. The maximum atomic E-state index is 4.43. The fourth-order valence-corrected chi connectivity index (χ4v) is 0. The molecule has 0 amide bonds. The molecule has 0 unspecified atom stereocenters. The molecule has 0 aliphatic rings. The summed E-state index contributed by atoms with van der Waals surface area (Å²) in [5, 5.41) is 0. The molecule has 0 aliphatic carbocycles. The summed E-state index contributed by atoms with van der Waals surface area (Å²) in [6.07, 6.45) is 0. The van der Waals surface area contributed by atoms with Gasteiger partial charge in [-0.15, -0.1) is 0 Å². The number of hydrogen-bond donors (Lipinski definition) is 0. The van der Waals surface area contributed by atoms with Crippen LogP contribution in [0, 0.1) is 14.4 Å². The summed E-state index contributed by atoms with van der Waals surface area (Å²) >= 11 is 0. The molecular weight excluding hydrogens is 361 g/mol. The van der Waals surface area contributed by atoms with E-state index in [2.05, 4.69) is 11.7 Å². The Kier molecular flexibility index (Phi) is 267. The minimum absolute atomic E-state index is 0. The average Bonchev–Trinajstić information content (AvgIpc) is 1.37. The third-order valence-corrected chi connectivity index (χ3v) is 0.204. The van der Waals surface area contributed by atoms with E-state index in [-0.39, 0.29) is 76.1 Å². The van der Waals surface area contributed by atoms with E-state index in [1.54, 1.807) is 7.11 Å². The summed E-state index contributed by atoms with van der Waals surface area (Å²) in [7, 11) is 1.62. The van der Waals surface area contributed by atoms with Crippen LogP contribution in [-0.4, -0.2) is 13.7 Å². The number of methoxy groups -OCH3 is 1. The first kappa shape index (κ1) is 45.3. The van der Waals surface area contributed by atoms with Gasteiger partial charge >= 0.3 is 0 Å². The van der Waals surface area contributed by atoms with Gasteiger partial charge in [0.1, 0.15) is 0 Å². The average molecular weight is 379 g/mol. The summed E-state index contributed by atoms with van der Waals surface area (Å²) < 4.78 is 4.43. The third kappa shape index (κ3) is 77.4. The second-order valence-electron chi connectivity index (χ2n) is 0.493.